The summed E-state index contributed by atoms with van der Waals surface area (Å²) in [6.07, 6.45) is 3.43. The summed E-state index contributed by atoms with van der Waals surface area (Å²) < 4.78 is 11.0. The van der Waals surface area contributed by atoms with Crippen LogP contribution in [0.2, 0.25) is 0 Å². The van der Waals surface area contributed by atoms with Crippen molar-refractivity contribution in [3.63, 3.8) is 0 Å². The second-order valence-electron chi connectivity index (χ2n) is 7.29. The molecule has 2 aromatic carbocycles. The standard InChI is InChI=1S/C24H25N3O4/c1-17-4-8-20(9-5-17)27-23(28)16-31-21-10-6-18(7-11-21)13-19(14-25)24(29)26-15-22-3-2-12-30-22/h4-11,13,22H,2-3,12,15-16H2,1H3,(H,26,29)(H,27,28)/b19-13+. The predicted molar refractivity (Wildman–Crippen MR) is 117 cm³/mol. The smallest absolute Gasteiger partial charge is 0.262 e. The fourth-order valence-electron chi connectivity index (χ4n) is 3.07. The van der Waals surface area contributed by atoms with Gasteiger partial charge in [-0.3, -0.25) is 9.59 Å². The van der Waals surface area contributed by atoms with Gasteiger partial charge in [-0.2, -0.15) is 5.26 Å². The highest BCUT2D eigenvalue weighted by Crippen LogP contribution is 2.16. The number of nitrogens with one attached hydrogen (secondary N) is 2. The quantitative estimate of drug-likeness (QED) is 0.505. The Hall–Kier alpha value is -3.63. The third-order valence-corrected chi connectivity index (χ3v) is 4.78. The summed E-state index contributed by atoms with van der Waals surface area (Å²) >= 11 is 0. The van der Waals surface area contributed by atoms with Gasteiger partial charge in [0, 0.05) is 18.8 Å². The lowest BCUT2D eigenvalue weighted by molar-refractivity contribution is -0.118. The largest absolute Gasteiger partial charge is 0.484 e. The number of nitrogens with zero attached hydrogens (tertiary/aromatic N) is 1. The minimum absolute atomic E-state index is 0.0172. The number of hydrogen-bond acceptors (Lipinski definition) is 5. The average molecular weight is 419 g/mol. The third kappa shape index (κ3) is 6.98. The van der Waals surface area contributed by atoms with Gasteiger partial charge >= 0.3 is 0 Å². The lowest BCUT2D eigenvalue weighted by Gasteiger charge is -2.10. The molecule has 0 aliphatic carbocycles. The highest BCUT2D eigenvalue weighted by atomic mass is 16.5. The molecule has 0 saturated carbocycles. The monoisotopic (exact) mass is 419 g/mol. The van der Waals surface area contributed by atoms with Crippen LogP contribution in [-0.4, -0.2) is 37.7 Å². The summed E-state index contributed by atoms with van der Waals surface area (Å²) in [4.78, 5) is 24.2. The molecule has 1 unspecified atom stereocenters. The van der Waals surface area contributed by atoms with E-state index in [2.05, 4.69) is 10.6 Å². The Morgan fingerprint density at radius 1 is 1.19 bits per heavy atom. The number of hydrogen-bond donors (Lipinski definition) is 2. The maximum Gasteiger partial charge on any atom is 0.262 e. The van der Waals surface area contributed by atoms with Crippen LogP contribution in [0.1, 0.15) is 24.0 Å². The van der Waals surface area contributed by atoms with Gasteiger partial charge < -0.3 is 20.1 Å². The summed E-state index contributed by atoms with van der Waals surface area (Å²) in [7, 11) is 0. The van der Waals surface area contributed by atoms with E-state index in [-0.39, 0.29) is 24.2 Å². The van der Waals surface area contributed by atoms with Crippen molar-refractivity contribution < 1.29 is 19.1 Å². The molecule has 1 heterocycles. The van der Waals surface area contributed by atoms with Crippen LogP contribution in [0.4, 0.5) is 5.69 Å². The zero-order chi connectivity index (χ0) is 22.1. The Bertz CT molecular complexity index is 969. The first-order chi connectivity index (χ1) is 15.0. The molecule has 31 heavy (non-hydrogen) atoms. The van der Waals surface area contributed by atoms with E-state index in [1.807, 2.05) is 37.3 Å². The number of carbonyl (C=O) groups is 2. The van der Waals surface area contributed by atoms with Crippen LogP contribution in [0.15, 0.2) is 54.1 Å². The number of nitriles is 1. The molecule has 0 aromatic heterocycles. The second kappa shape index (κ2) is 11.0. The summed E-state index contributed by atoms with van der Waals surface area (Å²) in [5.41, 5.74) is 2.52. The Morgan fingerprint density at radius 3 is 2.58 bits per heavy atom. The molecular formula is C24H25N3O4. The van der Waals surface area contributed by atoms with Gasteiger partial charge in [0.2, 0.25) is 0 Å². The SMILES string of the molecule is Cc1ccc(NC(=O)COc2ccc(/C=C(\C#N)C(=O)NCC3CCCO3)cc2)cc1. The number of anilines is 1. The normalized spacial score (nSPS) is 15.7. The molecule has 2 N–H and O–H groups in total. The molecule has 1 atom stereocenters. The lowest BCUT2D eigenvalue weighted by atomic mass is 10.1. The molecule has 0 bridgehead atoms. The Balaban J connectivity index is 1.49. The van der Waals surface area contributed by atoms with E-state index in [9.17, 15) is 14.9 Å². The number of aryl methyl sites for hydroxylation is 1. The molecule has 3 rings (SSSR count). The highest BCUT2D eigenvalue weighted by Gasteiger charge is 2.17. The zero-order valence-electron chi connectivity index (χ0n) is 17.4. The van der Waals surface area contributed by atoms with E-state index >= 15 is 0 Å². The first-order valence-electron chi connectivity index (χ1n) is 10.1. The number of rotatable bonds is 8. The van der Waals surface area contributed by atoms with E-state index in [4.69, 9.17) is 9.47 Å². The Kier molecular flexibility index (Phi) is 7.79. The fourth-order valence-corrected chi connectivity index (χ4v) is 3.07. The van der Waals surface area contributed by atoms with Gasteiger partial charge in [-0.25, -0.2) is 0 Å². The van der Waals surface area contributed by atoms with Crippen molar-refractivity contribution in [2.24, 2.45) is 0 Å². The van der Waals surface area contributed by atoms with Crippen LogP contribution in [0.25, 0.3) is 6.08 Å². The van der Waals surface area contributed by atoms with Crippen molar-refractivity contribution in [2.45, 2.75) is 25.9 Å². The van der Waals surface area contributed by atoms with Gasteiger partial charge in [0.25, 0.3) is 11.8 Å². The molecule has 160 valence electrons. The average Bonchev–Trinajstić information content (AvgIpc) is 3.30. The molecule has 7 nitrogen and oxygen atoms in total. The molecule has 0 radical (unpaired) electrons. The van der Waals surface area contributed by atoms with E-state index in [0.717, 1.165) is 18.4 Å². The topological polar surface area (TPSA) is 100 Å². The highest BCUT2D eigenvalue weighted by molar-refractivity contribution is 6.01. The molecule has 7 heteroatoms. The van der Waals surface area contributed by atoms with Crippen LogP contribution < -0.4 is 15.4 Å². The van der Waals surface area contributed by atoms with E-state index in [0.29, 0.717) is 30.2 Å². The van der Waals surface area contributed by atoms with Gasteiger partial charge in [0.1, 0.15) is 17.4 Å². The molecular weight excluding hydrogens is 394 g/mol. The van der Waals surface area contributed by atoms with E-state index in [1.165, 1.54) is 6.08 Å². The lowest BCUT2D eigenvalue weighted by Crippen LogP contribution is -2.32. The summed E-state index contributed by atoms with van der Waals surface area (Å²) in [6, 6.07) is 16.2. The van der Waals surface area contributed by atoms with Gasteiger partial charge in [-0.1, -0.05) is 29.8 Å². The molecule has 2 amide bonds. The van der Waals surface area contributed by atoms with Crippen LogP contribution >= 0.6 is 0 Å². The van der Waals surface area contributed by atoms with Crippen molar-refractivity contribution in [2.75, 3.05) is 25.1 Å². The van der Waals surface area contributed by atoms with E-state index in [1.54, 1.807) is 24.3 Å². The summed E-state index contributed by atoms with van der Waals surface area (Å²) in [6.45, 7) is 2.96. The maximum atomic E-state index is 12.2. The van der Waals surface area contributed by atoms with Gasteiger partial charge in [-0.05, 0) is 55.7 Å². The first-order valence-corrected chi connectivity index (χ1v) is 10.1. The number of carbonyl (C=O) groups excluding carboxylic acids is 2. The third-order valence-electron chi connectivity index (χ3n) is 4.78. The molecule has 1 saturated heterocycles. The van der Waals surface area contributed by atoms with Crippen molar-refractivity contribution in [3.05, 3.63) is 65.2 Å². The van der Waals surface area contributed by atoms with Crippen LogP contribution in [-0.2, 0) is 14.3 Å². The maximum absolute atomic E-state index is 12.2. The van der Waals surface area contributed by atoms with Gasteiger partial charge in [0.15, 0.2) is 6.61 Å². The Labute approximate surface area is 181 Å². The predicted octanol–water partition coefficient (Wildman–Crippen LogP) is 3.21. The van der Waals surface area contributed by atoms with Crippen LogP contribution in [0.5, 0.6) is 5.75 Å². The first kappa shape index (κ1) is 22.1. The van der Waals surface area contributed by atoms with Crippen molar-refractivity contribution >= 4 is 23.6 Å². The molecule has 1 fully saturated rings. The molecule has 1 aliphatic rings. The fraction of sp³-hybridized carbons (Fsp3) is 0.292. The number of benzene rings is 2. The number of amides is 2. The molecule has 2 aromatic rings. The van der Waals surface area contributed by atoms with Gasteiger partial charge in [-0.15, -0.1) is 0 Å². The van der Waals surface area contributed by atoms with Crippen LogP contribution in [0, 0.1) is 18.3 Å². The zero-order valence-corrected chi connectivity index (χ0v) is 17.4. The Morgan fingerprint density at radius 2 is 1.94 bits per heavy atom. The van der Waals surface area contributed by atoms with Crippen LogP contribution in [0.3, 0.4) is 0 Å². The minimum Gasteiger partial charge on any atom is -0.484 e. The summed E-state index contributed by atoms with van der Waals surface area (Å²) in [5.74, 6) is -0.175. The molecule has 0 spiro atoms. The van der Waals surface area contributed by atoms with Crippen molar-refractivity contribution in [3.8, 4) is 11.8 Å². The molecule has 1 aliphatic heterocycles. The number of ether oxygens (including phenoxy) is 2. The second-order valence-corrected chi connectivity index (χ2v) is 7.29. The summed E-state index contributed by atoms with van der Waals surface area (Å²) in [5, 5.41) is 14.8. The minimum atomic E-state index is -0.425. The van der Waals surface area contributed by atoms with E-state index < -0.39 is 5.91 Å². The van der Waals surface area contributed by atoms with Crippen molar-refractivity contribution in [1.29, 1.82) is 5.26 Å². The van der Waals surface area contributed by atoms with Crippen molar-refractivity contribution in [1.82, 2.24) is 5.32 Å². The van der Waals surface area contributed by atoms with Gasteiger partial charge in [0.05, 0.1) is 6.10 Å².